The second-order valence-corrected chi connectivity index (χ2v) is 4.95. The van der Waals surface area contributed by atoms with Crippen molar-refractivity contribution in [2.24, 2.45) is 0 Å². The summed E-state index contributed by atoms with van der Waals surface area (Å²) >= 11 is 6.01. The second kappa shape index (κ2) is 3.02. The lowest BCUT2D eigenvalue weighted by molar-refractivity contribution is 0.263. The first-order valence-electron chi connectivity index (χ1n) is 3.84. The molecule has 0 aliphatic carbocycles. The molecule has 2 saturated heterocycles. The van der Waals surface area contributed by atoms with Crippen LogP contribution >= 0.6 is 18.9 Å². The summed E-state index contributed by atoms with van der Waals surface area (Å²) in [6.45, 7) is 4.84. The van der Waals surface area contributed by atoms with Crippen LogP contribution in [-0.2, 0) is 4.52 Å². The Labute approximate surface area is 72.8 Å². The molecule has 0 bridgehead atoms. The lowest BCUT2D eigenvalue weighted by Gasteiger charge is -2.14. The molecule has 0 spiro atoms. The zero-order valence-electron chi connectivity index (χ0n) is 6.24. The zero-order chi connectivity index (χ0) is 7.84. The van der Waals surface area contributed by atoms with Crippen LogP contribution in [0, 0.1) is 0 Å². The quantitative estimate of drug-likeness (QED) is 0.467. The fourth-order valence-electron chi connectivity index (χ4n) is 1.74. The summed E-state index contributed by atoms with van der Waals surface area (Å²) in [5.41, 5.74) is 0. The Bertz CT molecular complexity index is 178. The Morgan fingerprint density at radius 1 is 1.73 bits per heavy atom. The minimum atomic E-state index is -0.816. The molecular formula is C7H11ClNOP. The van der Waals surface area contributed by atoms with Crippen LogP contribution in [0.5, 0.6) is 0 Å². The minimum absolute atomic E-state index is 0.182. The molecule has 62 valence electrons. The molecular weight excluding hydrogens is 181 g/mol. The second-order valence-electron chi connectivity index (χ2n) is 2.90. The molecule has 2 aliphatic heterocycles. The van der Waals surface area contributed by atoms with E-state index in [1.807, 2.05) is 6.08 Å². The van der Waals surface area contributed by atoms with E-state index in [9.17, 15) is 0 Å². The predicted octanol–water partition coefficient (Wildman–Crippen LogP) is 2.50. The Morgan fingerprint density at radius 2 is 2.55 bits per heavy atom. The van der Waals surface area contributed by atoms with Crippen molar-refractivity contribution >= 4 is 18.9 Å². The van der Waals surface area contributed by atoms with Gasteiger partial charge in [-0.2, -0.15) is 0 Å². The van der Waals surface area contributed by atoms with Gasteiger partial charge in [0, 0.05) is 12.6 Å². The van der Waals surface area contributed by atoms with Gasteiger partial charge in [-0.25, -0.2) is 4.67 Å². The van der Waals surface area contributed by atoms with Gasteiger partial charge in [0.2, 0.25) is 7.65 Å². The van der Waals surface area contributed by atoms with Gasteiger partial charge < -0.3 is 4.52 Å². The van der Waals surface area contributed by atoms with Gasteiger partial charge in [0.25, 0.3) is 0 Å². The van der Waals surface area contributed by atoms with E-state index in [0.717, 1.165) is 6.54 Å². The van der Waals surface area contributed by atoms with Crippen LogP contribution in [0.4, 0.5) is 0 Å². The third-order valence-electron chi connectivity index (χ3n) is 2.29. The van der Waals surface area contributed by atoms with E-state index in [4.69, 9.17) is 15.8 Å². The first-order valence-corrected chi connectivity index (χ1v) is 5.96. The largest absolute Gasteiger partial charge is 0.322 e. The molecule has 0 aromatic carbocycles. The molecule has 2 rings (SSSR count). The van der Waals surface area contributed by atoms with Gasteiger partial charge in [0.05, 0.1) is 6.10 Å². The van der Waals surface area contributed by atoms with Gasteiger partial charge in [0.1, 0.15) is 0 Å². The monoisotopic (exact) mass is 191 g/mol. The molecule has 0 N–H and O–H groups in total. The van der Waals surface area contributed by atoms with E-state index < -0.39 is 7.65 Å². The fourth-order valence-corrected chi connectivity index (χ4v) is 3.90. The topological polar surface area (TPSA) is 12.5 Å². The van der Waals surface area contributed by atoms with Gasteiger partial charge in [-0.1, -0.05) is 6.08 Å². The molecule has 2 nitrogen and oxygen atoms in total. The van der Waals surface area contributed by atoms with Crippen molar-refractivity contribution in [1.82, 2.24) is 4.67 Å². The van der Waals surface area contributed by atoms with E-state index in [1.54, 1.807) is 0 Å². The SMILES string of the molecule is C=C[C@H]1OP(Cl)N2CCC[C@@H]12. The highest BCUT2D eigenvalue weighted by Gasteiger charge is 2.43. The third kappa shape index (κ3) is 1.23. The molecule has 3 atom stereocenters. The van der Waals surface area contributed by atoms with E-state index >= 15 is 0 Å². The maximum atomic E-state index is 6.01. The van der Waals surface area contributed by atoms with Gasteiger partial charge in [-0.15, -0.1) is 6.58 Å². The Morgan fingerprint density at radius 3 is 3.27 bits per heavy atom. The van der Waals surface area contributed by atoms with Crippen LogP contribution in [-0.4, -0.2) is 23.4 Å². The van der Waals surface area contributed by atoms with Crippen molar-refractivity contribution in [2.45, 2.75) is 25.0 Å². The van der Waals surface area contributed by atoms with Crippen molar-refractivity contribution in [3.05, 3.63) is 12.7 Å². The molecule has 11 heavy (non-hydrogen) atoms. The van der Waals surface area contributed by atoms with Crippen LogP contribution in [0.25, 0.3) is 0 Å². The maximum absolute atomic E-state index is 6.01. The first-order chi connectivity index (χ1) is 5.33. The Kier molecular flexibility index (Phi) is 2.20. The van der Waals surface area contributed by atoms with E-state index in [0.29, 0.717) is 6.04 Å². The summed E-state index contributed by atoms with van der Waals surface area (Å²) in [6.07, 6.45) is 4.51. The van der Waals surface area contributed by atoms with Gasteiger partial charge in [-0.05, 0) is 24.1 Å². The van der Waals surface area contributed by atoms with Crippen molar-refractivity contribution in [3.63, 3.8) is 0 Å². The number of rotatable bonds is 1. The maximum Gasteiger partial charge on any atom is 0.207 e. The van der Waals surface area contributed by atoms with Gasteiger partial charge >= 0.3 is 0 Å². The van der Waals surface area contributed by atoms with Gasteiger partial charge in [-0.3, -0.25) is 0 Å². The molecule has 1 unspecified atom stereocenters. The molecule has 2 heterocycles. The molecule has 0 aromatic heterocycles. The van der Waals surface area contributed by atoms with Crippen molar-refractivity contribution < 1.29 is 4.52 Å². The summed E-state index contributed by atoms with van der Waals surface area (Å²) in [5, 5.41) is 0. The van der Waals surface area contributed by atoms with Crippen LogP contribution in [0.3, 0.4) is 0 Å². The molecule has 4 heteroatoms. The highest BCUT2D eigenvalue weighted by molar-refractivity contribution is 7.78. The number of nitrogens with zero attached hydrogens (tertiary/aromatic N) is 1. The lowest BCUT2D eigenvalue weighted by atomic mass is 10.1. The smallest absolute Gasteiger partial charge is 0.207 e. The summed E-state index contributed by atoms with van der Waals surface area (Å²) in [4.78, 5) is 0. The number of fused-ring (bicyclic) bond motifs is 1. The highest BCUT2D eigenvalue weighted by Crippen LogP contribution is 2.58. The first kappa shape index (κ1) is 8.00. The van der Waals surface area contributed by atoms with Gasteiger partial charge in [0.15, 0.2) is 0 Å². The van der Waals surface area contributed by atoms with E-state index in [-0.39, 0.29) is 6.10 Å². The molecule has 0 amide bonds. The molecule has 2 aliphatic rings. The fraction of sp³-hybridized carbons (Fsp3) is 0.714. The van der Waals surface area contributed by atoms with E-state index in [1.165, 1.54) is 12.8 Å². The summed E-state index contributed by atoms with van der Waals surface area (Å²) in [5.74, 6) is 0. The number of hydrogen-bond acceptors (Lipinski definition) is 2. The molecule has 0 radical (unpaired) electrons. The average molecular weight is 192 g/mol. The van der Waals surface area contributed by atoms with Crippen molar-refractivity contribution in [1.29, 1.82) is 0 Å². The zero-order valence-corrected chi connectivity index (χ0v) is 7.89. The molecule has 0 saturated carbocycles. The summed E-state index contributed by atoms with van der Waals surface area (Å²) in [7, 11) is -0.816. The van der Waals surface area contributed by atoms with Crippen molar-refractivity contribution in [2.75, 3.05) is 6.54 Å². The number of halogens is 1. The molecule has 0 aromatic rings. The standard InChI is InChI=1S/C7H11ClNOP/c1-2-7-6-4-3-5-9(6)11(8)10-7/h2,6-7H,1,3-5H2/t6-,7+,11?/m0/s1. The lowest BCUT2D eigenvalue weighted by Crippen LogP contribution is -2.25. The number of hydrogen-bond donors (Lipinski definition) is 0. The Hall–Kier alpha value is 0.380. The minimum Gasteiger partial charge on any atom is -0.322 e. The van der Waals surface area contributed by atoms with Crippen molar-refractivity contribution in [3.8, 4) is 0 Å². The van der Waals surface area contributed by atoms with E-state index in [2.05, 4.69) is 11.2 Å². The van der Waals surface area contributed by atoms with Crippen LogP contribution < -0.4 is 0 Å². The third-order valence-corrected chi connectivity index (χ3v) is 4.43. The predicted molar refractivity (Wildman–Crippen MR) is 47.6 cm³/mol. The molecule has 2 fully saturated rings. The summed E-state index contributed by atoms with van der Waals surface area (Å²) in [6, 6.07) is 0.524. The normalized spacial score (nSPS) is 44.3. The summed E-state index contributed by atoms with van der Waals surface area (Å²) < 4.78 is 7.78. The van der Waals surface area contributed by atoms with Crippen LogP contribution in [0.2, 0.25) is 0 Å². The average Bonchev–Trinajstić information content (AvgIpc) is 2.54. The van der Waals surface area contributed by atoms with Crippen LogP contribution in [0.1, 0.15) is 12.8 Å². The highest BCUT2D eigenvalue weighted by atomic mass is 35.7. The van der Waals surface area contributed by atoms with Crippen LogP contribution in [0.15, 0.2) is 12.7 Å². The Balaban J connectivity index is 2.13.